The lowest BCUT2D eigenvalue weighted by Gasteiger charge is -2.37. The molecule has 1 amide bonds. The summed E-state index contributed by atoms with van der Waals surface area (Å²) >= 11 is 3.37. The molecule has 152 valence electrons. The van der Waals surface area contributed by atoms with Crippen molar-refractivity contribution in [2.45, 2.75) is 38.3 Å². The zero-order valence-corrected chi connectivity index (χ0v) is 18.4. The Morgan fingerprint density at radius 2 is 1.86 bits per heavy atom. The van der Waals surface area contributed by atoms with E-state index in [1.807, 2.05) is 12.1 Å². The average Bonchev–Trinajstić information content (AvgIpc) is 2.67. The fourth-order valence-corrected chi connectivity index (χ4v) is 3.19. The van der Waals surface area contributed by atoms with Gasteiger partial charge in [0.15, 0.2) is 5.72 Å². The van der Waals surface area contributed by atoms with Gasteiger partial charge in [0, 0.05) is 10.9 Å². The van der Waals surface area contributed by atoms with Crippen molar-refractivity contribution >= 4 is 27.8 Å². The van der Waals surface area contributed by atoms with E-state index < -0.39 is 17.6 Å². The van der Waals surface area contributed by atoms with E-state index in [-0.39, 0.29) is 11.3 Å². The number of carbonyl (C=O) groups is 2. The minimum atomic E-state index is -1.29. The number of hydrogen-bond acceptors (Lipinski definition) is 4. The van der Waals surface area contributed by atoms with Gasteiger partial charge in [-0.25, -0.2) is 0 Å². The van der Waals surface area contributed by atoms with E-state index in [1.165, 1.54) is 7.11 Å². The van der Waals surface area contributed by atoms with Crippen molar-refractivity contribution in [3.05, 3.63) is 59.7 Å². The Morgan fingerprint density at radius 1 is 1.18 bits per heavy atom. The molecule has 1 N–H and O–H groups in total. The van der Waals surface area contributed by atoms with E-state index >= 15 is 0 Å². The summed E-state index contributed by atoms with van der Waals surface area (Å²) in [5.41, 5.74) is 0.356. The highest BCUT2D eigenvalue weighted by Crippen LogP contribution is 2.29. The van der Waals surface area contributed by atoms with Crippen LogP contribution in [0, 0.1) is 5.92 Å². The summed E-state index contributed by atoms with van der Waals surface area (Å²) in [4.78, 5) is 25.3. The van der Waals surface area contributed by atoms with Crippen molar-refractivity contribution in [1.29, 1.82) is 0 Å². The lowest BCUT2D eigenvalue weighted by molar-refractivity contribution is -0.154. The highest BCUT2D eigenvalue weighted by atomic mass is 79.9. The minimum Gasteiger partial charge on any atom is -0.468 e. The third-order valence-electron chi connectivity index (χ3n) is 4.62. The van der Waals surface area contributed by atoms with Gasteiger partial charge in [-0.15, -0.1) is 0 Å². The molecule has 2 unspecified atom stereocenters. The fraction of sp³-hybridized carbons (Fsp3) is 0.455. The standard InChI is InChI=1S/C22H28BrNO4/c1-21(2,3)17-11-9-16(10-12-17)19(25)24-22(28-15-7-14-23)13-6-5-8-18(22)20(26)27-4/h5-6,8-13,18H,7,14-15H2,1-4H3,(H,24,25). The first-order valence-corrected chi connectivity index (χ1v) is 10.4. The Hall–Kier alpha value is -1.92. The van der Waals surface area contributed by atoms with Gasteiger partial charge in [0.05, 0.1) is 13.7 Å². The van der Waals surface area contributed by atoms with Gasteiger partial charge in [0.2, 0.25) is 0 Å². The Bertz CT molecular complexity index is 749. The molecule has 2 rings (SSSR count). The predicted octanol–water partition coefficient (Wildman–Crippen LogP) is 4.13. The van der Waals surface area contributed by atoms with E-state index in [0.29, 0.717) is 12.2 Å². The Labute approximate surface area is 175 Å². The molecule has 28 heavy (non-hydrogen) atoms. The molecule has 2 atom stereocenters. The summed E-state index contributed by atoms with van der Waals surface area (Å²) in [6.45, 7) is 6.73. The van der Waals surface area contributed by atoms with Crippen LogP contribution in [0.15, 0.2) is 48.6 Å². The van der Waals surface area contributed by atoms with Crippen LogP contribution in [-0.2, 0) is 19.7 Å². The molecule has 0 bridgehead atoms. The lowest BCUT2D eigenvalue weighted by Crippen LogP contribution is -2.57. The Morgan fingerprint density at radius 3 is 2.43 bits per heavy atom. The van der Waals surface area contributed by atoms with Crippen LogP contribution in [0.5, 0.6) is 0 Å². The van der Waals surface area contributed by atoms with Crippen LogP contribution in [0.4, 0.5) is 0 Å². The second kappa shape index (κ2) is 9.52. The van der Waals surface area contributed by atoms with Gasteiger partial charge in [-0.2, -0.15) is 0 Å². The Balaban J connectivity index is 2.29. The van der Waals surface area contributed by atoms with Gasteiger partial charge in [-0.05, 0) is 35.6 Å². The maximum Gasteiger partial charge on any atom is 0.317 e. The summed E-state index contributed by atoms with van der Waals surface area (Å²) < 4.78 is 10.9. The molecule has 0 saturated carbocycles. The molecule has 0 aliphatic heterocycles. The third-order valence-corrected chi connectivity index (χ3v) is 5.18. The first-order chi connectivity index (χ1) is 13.2. The van der Waals surface area contributed by atoms with Gasteiger partial charge >= 0.3 is 5.97 Å². The number of hydrogen-bond donors (Lipinski definition) is 1. The zero-order chi connectivity index (χ0) is 20.8. The van der Waals surface area contributed by atoms with Crippen LogP contribution in [-0.4, -0.2) is 36.6 Å². The average molecular weight is 450 g/mol. The number of allylic oxidation sites excluding steroid dienone is 2. The summed E-state index contributed by atoms with van der Waals surface area (Å²) in [6.07, 6.45) is 7.63. The van der Waals surface area contributed by atoms with Crippen LogP contribution < -0.4 is 5.32 Å². The van der Waals surface area contributed by atoms with Crippen LogP contribution in [0.25, 0.3) is 0 Å². The number of amides is 1. The maximum atomic E-state index is 13.0. The van der Waals surface area contributed by atoms with Gasteiger partial charge in [0.25, 0.3) is 5.91 Å². The Kier molecular flexibility index (Phi) is 7.61. The molecule has 6 heteroatoms. The summed E-state index contributed by atoms with van der Waals surface area (Å²) in [5, 5.41) is 3.67. The first-order valence-electron chi connectivity index (χ1n) is 9.30. The fourth-order valence-electron chi connectivity index (χ4n) is 2.96. The number of esters is 1. The van der Waals surface area contributed by atoms with Crippen molar-refractivity contribution in [3.63, 3.8) is 0 Å². The smallest absolute Gasteiger partial charge is 0.317 e. The molecular formula is C22H28BrNO4. The van der Waals surface area contributed by atoms with Crippen LogP contribution in [0.1, 0.15) is 43.1 Å². The normalized spacial score (nSPS) is 21.4. The van der Waals surface area contributed by atoms with E-state index in [4.69, 9.17) is 9.47 Å². The molecule has 0 aromatic heterocycles. The number of carbonyl (C=O) groups excluding carboxylic acids is 2. The molecule has 0 spiro atoms. The van der Waals surface area contributed by atoms with Crippen LogP contribution in [0.2, 0.25) is 0 Å². The second-order valence-corrected chi connectivity index (χ2v) is 8.50. The van der Waals surface area contributed by atoms with Crippen molar-refractivity contribution < 1.29 is 19.1 Å². The number of ether oxygens (including phenoxy) is 2. The number of rotatable bonds is 7. The number of alkyl halides is 1. The highest BCUT2D eigenvalue weighted by Gasteiger charge is 2.44. The number of methoxy groups -OCH3 is 1. The van der Waals surface area contributed by atoms with Crippen molar-refractivity contribution in [2.24, 2.45) is 5.92 Å². The summed E-state index contributed by atoms with van der Waals surface area (Å²) in [6, 6.07) is 7.47. The first kappa shape index (κ1) is 22.4. The number of nitrogens with one attached hydrogen (secondary N) is 1. The second-order valence-electron chi connectivity index (χ2n) is 7.71. The summed E-state index contributed by atoms with van der Waals surface area (Å²) in [7, 11) is 1.32. The molecule has 5 nitrogen and oxygen atoms in total. The molecular weight excluding hydrogens is 422 g/mol. The van der Waals surface area contributed by atoms with Gasteiger partial charge < -0.3 is 14.8 Å². The van der Waals surface area contributed by atoms with E-state index in [2.05, 4.69) is 42.0 Å². The highest BCUT2D eigenvalue weighted by molar-refractivity contribution is 9.09. The predicted molar refractivity (Wildman–Crippen MR) is 113 cm³/mol. The quantitative estimate of drug-likeness (QED) is 0.294. The topological polar surface area (TPSA) is 64.6 Å². The van der Waals surface area contributed by atoms with Crippen LogP contribution in [0.3, 0.4) is 0 Å². The third kappa shape index (κ3) is 5.32. The van der Waals surface area contributed by atoms with Crippen LogP contribution >= 0.6 is 15.9 Å². The van der Waals surface area contributed by atoms with Gasteiger partial charge in [-0.3, -0.25) is 9.59 Å². The molecule has 1 aromatic carbocycles. The van der Waals surface area contributed by atoms with E-state index in [1.54, 1.807) is 36.4 Å². The lowest BCUT2D eigenvalue weighted by atomic mass is 9.86. The molecule has 1 aliphatic carbocycles. The number of halogens is 1. The molecule has 1 aromatic rings. The van der Waals surface area contributed by atoms with Gasteiger partial charge in [-0.1, -0.05) is 67.1 Å². The van der Waals surface area contributed by atoms with Crippen molar-refractivity contribution in [3.8, 4) is 0 Å². The molecule has 0 saturated heterocycles. The molecule has 0 radical (unpaired) electrons. The monoisotopic (exact) mass is 449 g/mol. The van der Waals surface area contributed by atoms with E-state index in [9.17, 15) is 9.59 Å². The summed E-state index contributed by atoms with van der Waals surface area (Å²) in [5.74, 6) is -1.55. The van der Waals surface area contributed by atoms with Crippen molar-refractivity contribution in [1.82, 2.24) is 5.32 Å². The zero-order valence-electron chi connectivity index (χ0n) is 16.8. The van der Waals surface area contributed by atoms with Gasteiger partial charge in [0.1, 0.15) is 5.92 Å². The van der Waals surface area contributed by atoms with Crippen molar-refractivity contribution in [2.75, 3.05) is 19.0 Å². The molecule has 1 aliphatic rings. The molecule has 0 fully saturated rings. The SMILES string of the molecule is COC(=O)C1C=CC=CC1(NC(=O)c1ccc(C(C)(C)C)cc1)OCCCBr. The largest absolute Gasteiger partial charge is 0.468 e. The van der Waals surface area contributed by atoms with E-state index in [0.717, 1.165) is 17.3 Å². The minimum absolute atomic E-state index is 0.00189. The molecule has 0 heterocycles. The maximum absolute atomic E-state index is 13.0. The number of benzene rings is 1.